The molecule has 1 N–H and O–H groups in total. The fourth-order valence-corrected chi connectivity index (χ4v) is 2.40. The van der Waals surface area contributed by atoms with E-state index in [-0.39, 0.29) is 6.61 Å². The summed E-state index contributed by atoms with van der Waals surface area (Å²) in [4.78, 5) is 10.9. The number of benzene rings is 1. The summed E-state index contributed by atoms with van der Waals surface area (Å²) in [5.41, 5.74) is 2.05. The Kier molecular flexibility index (Phi) is 4.02. The molecule has 0 unspecified atom stereocenters. The molecular weight excluding hydrogens is 278 g/mol. The molecule has 1 aromatic carbocycles. The summed E-state index contributed by atoms with van der Waals surface area (Å²) in [6.45, 7) is 2.55. The topological polar surface area (TPSA) is 66.5 Å². The number of rotatable bonds is 5. The molecule has 0 aliphatic carbocycles. The normalized spacial score (nSPS) is 11.0. The lowest BCUT2D eigenvalue weighted by atomic mass is 10.1. The third kappa shape index (κ3) is 2.92. The van der Waals surface area contributed by atoms with Gasteiger partial charge < -0.3 is 10.0 Å². The number of fused-ring (bicyclic) bond motifs is 1. The van der Waals surface area contributed by atoms with E-state index in [0.29, 0.717) is 18.7 Å². The van der Waals surface area contributed by atoms with Gasteiger partial charge in [-0.05, 0) is 12.5 Å². The lowest BCUT2D eigenvalue weighted by molar-refractivity contribution is 0.303. The van der Waals surface area contributed by atoms with Gasteiger partial charge in [-0.25, -0.2) is 4.98 Å². The summed E-state index contributed by atoms with van der Waals surface area (Å²) in [7, 11) is 1.92. The molecule has 3 aromatic rings. The number of aliphatic hydroxyl groups excluding tert-OH is 1. The fourth-order valence-electron chi connectivity index (χ4n) is 2.40. The highest BCUT2D eigenvalue weighted by molar-refractivity contribution is 5.47. The third-order valence-electron chi connectivity index (χ3n) is 3.50. The molecule has 3 rings (SSSR count). The van der Waals surface area contributed by atoms with E-state index in [0.717, 1.165) is 17.3 Å². The van der Waals surface area contributed by atoms with Gasteiger partial charge in [0.05, 0.1) is 6.61 Å². The van der Waals surface area contributed by atoms with E-state index in [9.17, 15) is 0 Å². The number of likely N-dealkylation sites (N-methyl/N-ethyl adjacent to an activating group) is 1. The molecule has 0 saturated carbocycles. The zero-order chi connectivity index (χ0) is 15.5. The van der Waals surface area contributed by atoms with Gasteiger partial charge in [0.1, 0.15) is 5.82 Å². The van der Waals surface area contributed by atoms with Crippen molar-refractivity contribution in [1.82, 2.24) is 19.6 Å². The lowest BCUT2D eigenvalue weighted by Gasteiger charge is -2.18. The van der Waals surface area contributed by atoms with Gasteiger partial charge in [-0.2, -0.15) is 9.50 Å². The van der Waals surface area contributed by atoms with E-state index >= 15 is 0 Å². The zero-order valence-corrected chi connectivity index (χ0v) is 12.8. The molecule has 0 radical (unpaired) electrons. The maximum atomic E-state index is 9.14. The number of anilines is 1. The Morgan fingerprint density at radius 2 is 1.95 bits per heavy atom. The number of nitrogens with zero attached hydrogens (tertiary/aromatic N) is 5. The van der Waals surface area contributed by atoms with Crippen LogP contribution in [-0.2, 0) is 6.42 Å². The lowest BCUT2D eigenvalue weighted by Crippen LogP contribution is -2.24. The second-order valence-corrected chi connectivity index (χ2v) is 5.30. The van der Waals surface area contributed by atoms with Crippen LogP contribution in [0.25, 0.3) is 5.78 Å². The van der Waals surface area contributed by atoms with Crippen LogP contribution in [0.5, 0.6) is 0 Å². The van der Waals surface area contributed by atoms with Crippen molar-refractivity contribution in [2.45, 2.75) is 13.3 Å². The average Bonchev–Trinajstić information content (AvgIpc) is 2.89. The predicted molar refractivity (Wildman–Crippen MR) is 85.1 cm³/mol. The molecule has 2 aromatic heterocycles. The summed E-state index contributed by atoms with van der Waals surface area (Å²) in [5, 5.41) is 13.7. The Labute approximate surface area is 129 Å². The molecule has 0 fully saturated rings. The number of aryl methyl sites for hydroxylation is 1. The van der Waals surface area contributed by atoms with Crippen LogP contribution < -0.4 is 4.90 Å². The molecule has 2 heterocycles. The van der Waals surface area contributed by atoms with Crippen LogP contribution in [0.4, 0.5) is 5.82 Å². The minimum Gasteiger partial charge on any atom is -0.395 e. The number of hydrogen-bond acceptors (Lipinski definition) is 5. The van der Waals surface area contributed by atoms with Gasteiger partial charge in [0, 0.05) is 31.8 Å². The van der Waals surface area contributed by atoms with Crippen LogP contribution in [-0.4, -0.2) is 44.9 Å². The molecule has 0 saturated heterocycles. The molecule has 0 spiro atoms. The van der Waals surface area contributed by atoms with Gasteiger partial charge in [0.25, 0.3) is 5.78 Å². The molecule has 114 valence electrons. The van der Waals surface area contributed by atoms with Crippen LogP contribution in [0, 0.1) is 6.92 Å². The maximum Gasteiger partial charge on any atom is 0.254 e. The van der Waals surface area contributed by atoms with Crippen molar-refractivity contribution in [3.63, 3.8) is 0 Å². The van der Waals surface area contributed by atoms with E-state index < -0.39 is 0 Å². The van der Waals surface area contributed by atoms with Crippen molar-refractivity contribution in [2.24, 2.45) is 0 Å². The summed E-state index contributed by atoms with van der Waals surface area (Å²) in [6.07, 6.45) is 0.673. The first-order chi connectivity index (χ1) is 10.7. The Morgan fingerprint density at radius 1 is 1.18 bits per heavy atom. The third-order valence-corrected chi connectivity index (χ3v) is 3.50. The fraction of sp³-hybridized carbons (Fsp3) is 0.312. The van der Waals surface area contributed by atoms with Crippen molar-refractivity contribution in [2.75, 3.05) is 25.1 Å². The molecule has 6 nitrogen and oxygen atoms in total. The first-order valence-electron chi connectivity index (χ1n) is 7.26. The van der Waals surface area contributed by atoms with Gasteiger partial charge in [0.15, 0.2) is 5.82 Å². The highest BCUT2D eigenvalue weighted by atomic mass is 16.3. The molecule has 0 amide bonds. The Morgan fingerprint density at radius 3 is 2.68 bits per heavy atom. The van der Waals surface area contributed by atoms with Crippen molar-refractivity contribution < 1.29 is 5.11 Å². The first kappa shape index (κ1) is 14.5. The smallest absolute Gasteiger partial charge is 0.254 e. The first-order valence-corrected chi connectivity index (χ1v) is 7.26. The average molecular weight is 297 g/mol. The van der Waals surface area contributed by atoms with E-state index in [2.05, 4.69) is 27.2 Å². The molecule has 0 aliphatic rings. The van der Waals surface area contributed by atoms with Crippen LogP contribution in [0.1, 0.15) is 17.1 Å². The second kappa shape index (κ2) is 6.11. The SMILES string of the molecule is Cc1cc(N(C)CCO)n2nc(Cc3ccccc3)nc2n1. The number of aromatic nitrogens is 4. The summed E-state index contributed by atoms with van der Waals surface area (Å²) in [5.74, 6) is 2.21. The summed E-state index contributed by atoms with van der Waals surface area (Å²) >= 11 is 0. The highest BCUT2D eigenvalue weighted by Gasteiger charge is 2.13. The summed E-state index contributed by atoms with van der Waals surface area (Å²) in [6, 6.07) is 12.1. The Balaban J connectivity index is 2.00. The maximum absolute atomic E-state index is 9.14. The monoisotopic (exact) mass is 297 g/mol. The van der Waals surface area contributed by atoms with Crippen LogP contribution in [0.3, 0.4) is 0 Å². The van der Waals surface area contributed by atoms with Crippen LogP contribution in [0.2, 0.25) is 0 Å². The molecule has 0 aliphatic heterocycles. The van der Waals surface area contributed by atoms with E-state index in [1.807, 2.05) is 43.1 Å². The molecule has 6 heteroatoms. The van der Waals surface area contributed by atoms with Gasteiger partial charge in [0.2, 0.25) is 0 Å². The Hall–Kier alpha value is -2.47. The van der Waals surface area contributed by atoms with Gasteiger partial charge in [-0.15, -0.1) is 5.10 Å². The number of hydrogen-bond donors (Lipinski definition) is 1. The van der Waals surface area contributed by atoms with E-state index in [1.54, 1.807) is 4.52 Å². The van der Waals surface area contributed by atoms with Crippen molar-refractivity contribution in [3.05, 3.63) is 53.5 Å². The largest absolute Gasteiger partial charge is 0.395 e. The van der Waals surface area contributed by atoms with Crippen molar-refractivity contribution in [1.29, 1.82) is 0 Å². The minimum atomic E-state index is 0.0882. The van der Waals surface area contributed by atoms with Crippen LogP contribution in [0.15, 0.2) is 36.4 Å². The van der Waals surface area contributed by atoms with Crippen molar-refractivity contribution >= 4 is 11.6 Å². The standard InChI is InChI=1S/C16H19N5O/c1-12-10-15(20(2)8-9-22)21-16(17-12)18-14(19-21)11-13-6-4-3-5-7-13/h3-7,10,22H,8-9,11H2,1-2H3. The van der Waals surface area contributed by atoms with E-state index in [4.69, 9.17) is 5.11 Å². The Bertz CT molecular complexity index is 769. The van der Waals surface area contributed by atoms with Gasteiger partial charge in [-0.1, -0.05) is 30.3 Å². The predicted octanol–water partition coefficient (Wildman–Crippen LogP) is 1.45. The molecular formula is C16H19N5O. The molecule has 0 bridgehead atoms. The minimum absolute atomic E-state index is 0.0882. The summed E-state index contributed by atoms with van der Waals surface area (Å²) < 4.78 is 1.74. The van der Waals surface area contributed by atoms with Crippen LogP contribution >= 0.6 is 0 Å². The second-order valence-electron chi connectivity index (χ2n) is 5.30. The molecule has 0 atom stereocenters. The van der Waals surface area contributed by atoms with E-state index in [1.165, 1.54) is 5.56 Å². The molecule has 22 heavy (non-hydrogen) atoms. The van der Waals surface area contributed by atoms with Gasteiger partial charge in [-0.3, -0.25) is 0 Å². The van der Waals surface area contributed by atoms with Crippen molar-refractivity contribution in [3.8, 4) is 0 Å². The number of aliphatic hydroxyl groups is 1. The zero-order valence-electron chi connectivity index (χ0n) is 12.8. The quantitative estimate of drug-likeness (QED) is 0.772. The highest BCUT2D eigenvalue weighted by Crippen LogP contribution is 2.16. The van der Waals surface area contributed by atoms with Gasteiger partial charge >= 0.3 is 0 Å².